The van der Waals surface area contributed by atoms with Gasteiger partial charge in [0.15, 0.2) is 5.84 Å². The van der Waals surface area contributed by atoms with Gasteiger partial charge in [0.05, 0.1) is 6.20 Å². The molecule has 5 heteroatoms. The fraction of sp³-hybridized carbons (Fsp3) is 0. The summed E-state index contributed by atoms with van der Waals surface area (Å²) < 4.78 is 12.4. The van der Waals surface area contributed by atoms with Gasteiger partial charge in [0.25, 0.3) is 0 Å². The minimum Gasteiger partial charge on any atom is -0.381 e. The first-order valence-electron chi connectivity index (χ1n) is 2.38. The molecule has 0 spiro atoms. The number of halogens is 2. The van der Waals surface area contributed by atoms with Crippen LogP contribution in [-0.4, -0.2) is 11.1 Å². The monoisotopic (exact) mass is 159 g/mol. The molecule has 0 bridgehead atoms. The van der Waals surface area contributed by atoms with E-state index in [-0.39, 0.29) is 11.1 Å². The Hall–Kier alpha value is -1.12. The highest BCUT2D eigenvalue weighted by atomic mass is 35.5. The Kier molecular flexibility index (Phi) is 1.85. The summed E-state index contributed by atoms with van der Waals surface area (Å²) in [4.78, 5) is 6.80. The molecule has 52 valence electrons. The van der Waals surface area contributed by atoms with Gasteiger partial charge in [-0.05, 0) is 11.6 Å². The van der Waals surface area contributed by atoms with E-state index in [4.69, 9.17) is 17.3 Å². The fourth-order valence-corrected chi connectivity index (χ4v) is 0.533. The van der Waals surface area contributed by atoms with Gasteiger partial charge in [-0.2, -0.15) is 9.38 Å². The smallest absolute Gasteiger partial charge is 0.225 e. The van der Waals surface area contributed by atoms with Gasteiger partial charge in [0, 0.05) is 0 Å². The van der Waals surface area contributed by atoms with E-state index in [2.05, 4.69) is 15.7 Å². The van der Waals surface area contributed by atoms with E-state index in [1.165, 1.54) is 0 Å². The van der Waals surface area contributed by atoms with E-state index >= 15 is 0 Å². The molecule has 0 aromatic heterocycles. The molecule has 0 radical (unpaired) electrons. The zero-order valence-electron chi connectivity index (χ0n) is 4.81. The molecule has 0 aliphatic carbocycles. The zero-order valence-corrected chi connectivity index (χ0v) is 5.56. The van der Waals surface area contributed by atoms with Gasteiger partial charge in [-0.25, -0.2) is 4.99 Å². The molecule has 0 aromatic carbocycles. The lowest BCUT2D eigenvalue weighted by Gasteiger charge is -1.88. The molecular formula is C5H3ClFN3. The molecule has 10 heavy (non-hydrogen) atoms. The summed E-state index contributed by atoms with van der Waals surface area (Å²) in [6.07, 6.45) is 1.07. The third-order valence-electron chi connectivity index (χ3n) is 0.800. The van der Waals surface area contributed by atoms with Crippen LogP contribution in [0.3, 0.4) is 0 Å². The van der Waals surface area contributed by atoms with Gasteiger partial charge in [-0.1, -0.05) is 5.73 Å². The molecule has 0 amide bonds. The summed E-state index contributed by atoms with van der Waals surface area (Å²) in [7, 11) is 0. The quantitative estimate of drug-likeness (QED) is 0.415. The lowest BCUT2D eigenvalue weighted by atomic mass is 10.5. The van der Waals surface area contributed by atoms with Crippen LogP contribution in [-0.2, 0) is 0 Å². The van der Waals surface area contributed by atoms with E-state index in [1.807, 2.05) is 0 Å². The topological polar surface area (TPSA) is 50.7 Å². The van der Waals surface area contributed by atoms with Crippen LogP contribution in [0.15, 0.2) is 27.7 Å². The van der Waals surface area contributed by atoms with Crippen LogP contribution in [0.4, 0.5) is 4.39 Å². The Balaban J connectivity index is 3.10. The molecule has 0 atom stereocenters. The lowest BCUT2D eigenvalue weighted by Crippen LogP contribution is -2.12. The third kappa shape index (κ3) is 1.43. The number of hydrogen-bond donors (Lipinski definition) is 1. The van der Waals surface area contributed by atoms with Crippen molar-refractivity contribution in [2.24, 2.45) is 15.7 Å². The van der Waals surface area contributed by atoms with Crippen LogP contribution in [0.1, 0.15) is 0 Å². The number of amidine groups is 2. The molecule has 0 aromatic rings. The summed E-state index contributed by atoms with van der Waals surface area (Å²) in [5.41, 5.74) is 7.18. The first-order chi connectivity index (χ1) is 4.70. The zero-order chi connectivity index (χ0) is 7.56. The molecule has 3 nitrogen and oxygen atoms in total. The Labute approximate surface area is 61.4 Å². The molecule has 1 rings (SSSR count). The van der Waals surface area contributed by atoms with E-state index in [9.17, 15) is 4.39 Å². The minimum atomic E-state index is -0.751. The summed E-state index contributed by atoms with van der Waals surface area (Å²) >= 11 is 5.31. The van der Waals surface area contributed by atoms with Gasteiger partial charge >= 0.3 is 0 Å². The van der Waals surface area contributed by atoms with E-state index in [0.717, 1.165) is 6.20 Å². The van der Waals surface area contributed by atoms with Crippen LogP contribution in [0.5, 0.6) is 0 Å². The highest BCUT2D eigenvalue weighted by Crippen LogP contribution is 2.00. The van der Waals surface area contributed by atoms with Crippen LogP contribution in [0.25, 0.3) is 0 Å². The third-order valence-corrected chi connectivity index (χ3v) is 0.982. The normalized spacial score (nSPS) is 17.2. The van der Waals surface area contributed by atoms with Gasteiger partial charge in [0.1, 0.15) is 0 Å². The van der Waals surface area contributed by atoms with Crippen molar-refractivity contribution in [2.75, 3.05) is 0 Å². The average Bonchev–Trinajstić information content (AvgIpc) is 1.96. The first kappa shape index (κ1) is 6.99. The van der Waals surface area contributed by atoms with E-state index in [1.54, 1.807) is 0 Å². The van der Waals surface area contributed by atoms with Crippen LogP contribution >= 0.6 is 11.6 Å². The van der Waals surface area contributed by atoms with Crippen LogP contribution < -0.4 is 5.73 Å². The average molecular weight is 160 g/mol. The van der Waals surface area contributed by atoms with Crippen molar-refractivity contribution in [3.05, 3.63) is 17.8 Å². The molecule has 0 saturated carbocycles. The second kappa shape index (κ2) is 2.64. The minimum absolute atomic E-state index is 0.0994. The predicted octanol–water partition coefficient (Wildman–Crippen LogP) is 0.918. The molecule has 1 heterocycles. The lowest BCUT2D eigenvalue weighted by molar-refractivity contribution is 0.682. The number of nitrogens with zero attached hydrogens (tertiary/aromatic N) is 2. The maximum absolute atomic E-state index is 12.4. The van der Waals surface area contributed by atoms with Crippen molar-refractivity contribution in [1.29, 1.82) is 0 Å². The summed E-state index contributed by atoms with van der Waals surface area (Å²) in [6, 6.07) is 0. The molecule has 1 aliphatic rings. The number of rotatable bonds is 0. The number of nitrogens with two attached hydrogens (primary N) is 1. The standard InChI is InChI=1S/C5H3ClFN3/c6-5-9-2-1-3(7)4(8)10-5/h2H,(H2,8,9,10). The Morgan fingerprint density at radius 3 is 3.10 bits per heavy atom. The predicted molar refractivity (Wildman–Crippen MR) is 37.6 cm³/mol. The SMILES string of the molecule is NC1=NC(Cl)=NC=C=C1F. The fourth-order valence-electron chi connectivity index (χ4n) is 0.393. The molecule has 1 aliphatic heterocycles. The molecule has 0 unspecified atom stereocenters. The van der Waals surface area contributed by atoms with Gasteiger partial charge < -0.3 is 5.73 Å². The van der Waals surface area contributed by atoms with Gasteiger partial charge in [-0.15, -0.1) is 0 Å². The summed E-state index contributed by atoms with van der Waals surface area (Å²) in [6.45, 7) is 0. The van der Waals surface area contributed by atoms with Crippen molar-refractivity contribution >= 4 is 22.7 Å². The second-order valence-electron chi connectivity index (χ2n) is 1.48. The second-order valence-corrected chi connectivity index (χ2v) is 1.82. The van der Waals surface area contributed by atoms with Crippen LogP contribution in [0.2, 0.25) is 0 Å². The number of aliphatic imine (C=N–C) groups is 2. The van der Waals surface area contributed by atoms with Crippen molar-refractivity contribution in [3.8, 4) is 0 Å². The van der Waals surface area contributed by atoms with Gasteiger partial charge in [-0.3, -0.25) is 0 Å². The Morgan fingerprint density at radius 1 is 1.70 bits per heavy atom. The number of hydrogen-bond acceptors (Lipinski definition) is 3. The van der Waals surface area contributed by atoms with Crippen molar-refractivity contribution in [1.82, 2.24) is 0 Å². The molecular weight excluding hydrogens is 157 g/mol. The Bertz CT molecular complexity index is 273. The molecule has 0 fully saturated rings. The van der Waals surface area contributed by atoms with Crippen molar-refractivity contribution in [3.63, 3.8) is 0 Å². The molecule has 0 saturated heterocycles. The summed E-state index contributed by atoms with van der Waals surface area (Å²) in [5.74, 6) is -1.05. The highest BCUT2D eigenvalue weighted by molar-refractivity contribution is 6.65. The maximum Gasteiger partial charge on any atom is 0.225 e. The largest absolute Gasteiger partial charge is 0.381 e. The highest BCUT2D eigenvalue weighted by Gasteiger charge is 2.02. The molecule has 2 N–H and O–H groups in total. The van der Waals surface area contributed by atoms with E-state index < -0.39 is 5.83 Å². The van der Waals surface area contributed by atoms with E-state index in [0.29, 0.717) is 0 Å². The Morgan fingerprint density at radius 2 is 2.40 bits per heavy atom. The van der Waals surface area contributed by atoms with Crippen molar-refractivity contribution < 1.29 is 4.39 Å². The first-order valence-corrected chi connectivity index (χ1v) is 2.76. The van der Waals surface area contributed by atoms with Crippen LogP contribution in [0, 0.1) is 0 Å². The maximum atomic E-state index is 12.4. The summed E-state index contributed by atoms with van der Waals surface area (Å²) in [5, 5.41) is -0.0994. The van der Waals surface area contributed by atoms with Crippen molar-refractivity contribution in [2.45, 2.75) is 0 Å². The van der Waals surface area contributed by atoms with Gasteiger partial charge in [0.2, 0.25) is 11.1 Å².